The second-order valence-electron chi connectivity index (χ2n) is 7.16. The smallest absolute Gasteiger partial charge is 0.410 e. The van der Waals surface area contributed by atoms with E-state index >= 15 is 0 Å². The minimum atomic E-state index is -0.462. The lowest BCUT2D eigenvalue weighted by Gasteiger charge is -2.40. The zero-order valence-corrected chi connectivity index (χ0v) is 16.8. The Hall–Kier alpha value is -1.83. The van der Waals surface area contributed by atoms with E-state index in [4.69, 9.17) is 4.74 Å². The quantitative estimate of drug-likeness (QED) is 0.631. The molecule has 25 heavy (non-hydrogen) atoms. The molecule has 1 aromatic heterocycles. The third-order valence-electron chi connectivity index (χ3n) is 3.60. The summed E-state index contributed by atoms with van der Waals surface area (Å²) in [5, 5.41) is 7.68. The first kappa shape index (κ1) is 19.5. The Morgan fingerprint density at radius 3 is 2.60 bits per heavy atom. The van der Waals surface area contributed by atoms with Crippen molar-refractivity contribution < 1.29 is 9.53 Å². The minimum absolute atomic E-state index is 0.189. The Morgan fingerprint density at radius 2 is 2.08 bits per heavy atom. The number of thiazole rings is 1. The number of amides is 1. The maximum Gasteiger partial charge on any atom is 0.410 e. The predicted molar refractivity (Wildman–Crippen MR) is 101 cm³/mol. The highest BCUT2D eigenvalue weighted by molar-refractivity contribution is 7.11. The van der Waals surface area contributed by atoms with Crippen molar-refractivity contribution in [2.24, 2.45) is 4.99 Å². The van der Waals surface area contributed by atoms with Crippen molar-refractivity contribution in [3.05, 3.63) is 15.6 Å². The predicted octanol–water partition coefficient (Wildman–Crippen LogP) is 2.43. The van der Waals surface area contributed by atoms with E-state index < -0.39 is 5.60 Å². The topological polar surface area (TPSA) is 78.9 Å². The van der Waals surface area contributed by atoms with Crippen molar-refractivity contribution in [1.82, 2.24) is 20.5 Å². The molecular weight excluding hydrogens is 338 g/mol. The average molecular weight is 368 g/mol. The van der Waals surface area contributed by atoms with E-state index in [1.807, 2.05) is 41.5 Å². The second kappa shape index (κ2) is 8.03. The van der Waals surface area contributed by atoms with Crippen LogP contribution in [0.2, 0.25) is 0 Å². The van der Waals surface area contributed by atoms with Gasteiger partial charge in [0.25, 0.3) is 0 Å². The molecule has 7 nitrogen and oxygen atoms in total. The van der Waals surface area contributed by atoms with Gasteiger partial charge in [0, 0.05) is 24.5 Å². The number of hydrogen-bond donors (Lipinski definition) is 2. The van der Waals surface area contributed by atoms with Gasteiger partial charge in [-0.3, -0.25) is 0 Å². The van der Waals surface area contributed by atoms with Crippen LogP contribution in [0.3, 0.4) is 0 Å². The zero-order valence-electron chi connectivity index (χ0n) is 16.0. The summed E-state index contributed by atoms with van der Waals surface area (Å²) in [4.78, 5) is 23.9. The van der Waals surface area contributed by atoms with Gasteiger partial charge in [-0.2, -0.15) is 0 Å². The Morgan fingerprint density at radius 1 is 1.40 bits per heavy atom. The molecular formula is C17H29N5O2S. The van der Waals surface area contributed by atoms with Crippen LogP contribution < -0.4 is 10.6 Å². The van der Waals surface area contributed by atoms with Gasteiger partial charge >= 0.3 is 6.09 Å². The fraction of sp³-hybridized carbons (Fsp3) is 0.706. The molecule has 1 aliphatic rings. The fourth-order valence-corrected chi connectivity index (χ4v) is 3.29. The summed E-state index contributed by atoms with van der Waals surface area (Å²) in [6, 6.07) is 0.189. The lowest BCUT2D eigenvalue weighted by atomic mass is 10.1. The van der Waals surface area contributed by atoms with Gasteiger partial charge < -0.3 is 20.3 Å². The molecule has 0 spiro atoms. The van der Waals surface area contributed by atoms with Crippen molar-refractivity contribution in [2.45, 2.75) is 59.7 Å². The second-order valence-corrected chi connectivity index (χ2v) is 8.45. The molecule has 0 saturated carbocycles. The van der Waals surface area contributed by atoms with Crippen LogP contribution in [0.25, 0.3) is 0 Å². The number of guanidine groups is 1. The Kier molecular flexibility index (Phi) is 6.26. The summed E-state index contributed by atoms with van der Waals surface area (Å²) < 4.78 is 5.37. The van der Waals surface area contributed by atoms with E-state index in [9.17, 15) is 4.79 Å². The summed E-state index contributed by atoms with van der Waals surface area (Å²) in [5.41, 5.74) is 0.582. The van der Waals surface area contributed by atoms with E-state index in [1.165, 1.54) is 4.88 Å². The van der Waals surface area contributed by atoms with E-state index in [2.05, 4.69) is 20.6 Å². The molecule has 0 bridgehead atoms. The lowest BCUT2D eigenvalue weighted by Crippen LogP contribution is -2.63. The van der Waals surface area contributed by atoms with Crippen LogP contribution in [0.1, 0.15) is 43.3 Å². The monoisotopic (exact) mass is 367 g/mol. The average Bonchev–Trinajstić information content (AvgIpc) is 2.75. The maximum absolute atomic E-state index is 12.0. The number of aryl methyl sites for hydroxylation is 2. The number of aromatic nitrogens is 1. The number of aliphatic imine (C=N–C) groups is 1. The number of hydrogen-bond acceptors (Lipinski definition) is 5. The van der Waals surface area contributed by atoms with Crippen LogP contribution in [-0.2, 0) is 11.3 Å². The summed E-state index contributed by atoms with van der Waals surface area (Å²) >= 11 is 1.68. The third-order valence-corrected chi connectivity index (χ3v) is 4.66. The number of likely N-dealkylation sites (tertiary alicyclic amines) is 1. The van der Waals surface area contributed by atoms with Crippen LogP contribution in [0, 0.1) is 13.8 Å². The first-order chi connectivity index (χ1) is 11.7. The molecule has 0 unspecified atom stereocenters. The van der Waals surface area contributed by atoms with E-state index in [1.54, 1.807) is 16.2 Å². The molecule has 2 rings (SSSR count). The molecule has 0 aliphatic carbocycles. The number of nitrogens with zero attached hydrogens (tertiary/aromatic N) is 3. The standard InChI is InChI=1S/C17H29N5O2S/c1-7-18-15(19-8-14-11(2)20-12(3)25-14)21-13-9-22(10-13)16(23)24-17(4,5)6/h13H,7-10H2,1-6H3,(H2,18,19,21). The normalized spacial score (nSPS) is 15.8. The van der Waals surface area contributed by atoms with E-state index in [0.29, 0.717) is 19.6 Å². The fourth-order valence-electron chi connectivity index (χ4n) is 2.43. The van der Waals surface area contributed by atoms with Crippen molar-refractivity contribution in [2.75, 3.05) is 19.6 Å². The molecule has 2 heterocycles. The summed E-state index contributed by atoms with van der Waals surface area (Å²) in [7, 11) is 0. The molecule has 0 aromatic carbocycles. The van der Waals surface area contributed by atoms with E-state index in [0.717, 1.165) is 23.2 Å². The zero-order chi connectivity index (χ0) is 18.6. The van der Waals surface area contributed by atoms with Gasteiger partial charge in [-0.15, -0.1) is 11.3 Å². The molecule has 1 aromatic rings. The highest BCUT2D eigenvalue weighted by Crippen LogP contribution is 2.18. The minimum Gasteiger partial charge on any atom is -0.444 e. The van der Waals surface area contributed by atoms with Gasteiger partial charge in [-0.1, -0.05) is 0 Å². The number of nitrogens with one attached hydrogen (secondary N) is 2. The van der Waals surface area contributed by atoms with Gasteiger partial charge in [0.15, 0.2) is 5.96 Å². The molecule has 1 saturated heterocycles. The van der Waals surface area contributed by atoms with Crippen LogP contribution in [0.4, 0.5) is 4.79 Å². The molecule has 0 radical (unpaired) electrons. The van der Waals surface area contributed by atoms with E-state index in [-0.39, 0.29) is 12.1 Å². The molecule has 1 fully saturated rings. The van der Waals surface area contributed by atoms with Crippen LogP contribution in [0.5, 0.6) is 0 Å². The number of rotatable bonds is 4. The highest BCUT2D eigenvalue weighted by Gasteiger charge is 2.34. The van der Waals surface area contributed by atoms with Crippen molar-refractivity contribution >= 4 is 23.4 Å². The van der Waals surface area contributed by atoms with Gasteiger partial charge in [-0.25, -0.2) is 14.8 Å². The molecule has 1 aliphatic heterocycles. The van der Waals surface area contributed by atoms with Crippen molar-refractivity contribution in [1.29, 1.82) is 0 Å². The highest BCUT2D eigenvalue weighted by atomic mass is 32.1. The lowest BCUT2D eigenvalue weighted by molar-refractivity contribution is 0.00701. The Balaban J connectivity index is 1.85. The number of carbonyl (C=O) groups is 1. The Labute approximate surface area is 153 Å². The molecule has 0 atom stereocenters. The largest absolute Gasteiger partial charge is 0.444 e. The molecule has 1 amide bonds. The van der Waals surface area contributed by atoms with Crippen LogP contribution >= 0.6 is 11.3 Å². The summed E-state index contributed by atoms with van der Waals surface area (Å²) in [6.45, 7) is 14.3. The maximum atomic E-state index is 12.0. The summed E-state index contributed by atoms with van der Waals surface area (Å²) in [6.07, 6.45) is -0.261. The molecule has 140 valence electrons. The molecule has 8 heteroatoms. The van der Waals surface area contributed by atoms with Crippen molar-refractivity contribution in [3.63, 3.8) is 0 Å². The van der Waals surface area contributed by atoms with Crippen LogP contribution in [-0.4, -0.2) is 53.2 Å². The number of carbonyl (C=O) groups excluding carboxylic acids is 1. The summed E-state index contributed by atoms with van der Waals surface area (Å²) in [5.74, 6) is 0.766. The molecule has 2 N–H and O–H groups in total. The van der Waals surface area contributed by atoms with Gasteiger partial charge in [0.1, 0.15) is 5.60 Å². The van der Waals surface area contributed by atoms with Crippen LogP contribution in [0.15, 0.2) is 4.99 Å². The Bertz CT molecular complexity index is 629. The number of ether oxygens (including phenoxy) is 1. The van der Waals surface area contributed by atoms with Gasteiger partial charge in [0.05, 0.1) is 23.3 Å². The van der Waals surface area contributed by atoms with Gasteiger partial charge in [-0.05, 0) is 41.5 Å². The van der Waals surface area contributed by atoms with Crippen molar-refractivity contribution in [3.8, 4) is 0 Å². The first-order valence-electron chi connectivity index (χ1n) is 8.63. The SMILES string of the molecule is CCNC(=NCc1sc(C)nc1C)NC1CN(C(=O)OC(C)(C)C)C1. The first-order valence-corrected chi connectivity index (χ1v) is 9.45. The third kappa shape index (κ3) is 5.88. The van der Waals surface area contributed by atoms with Gasteiger partial charge in [0.2, 0.25) is 0 Å².